The third-order valence-electron chi connectivity index (χ3n) is 3.87. The van der Waals surface area contributed by atoms with Gasteiger partial charge in [-0.05, 0) is 18.4 Å². The number of halogens is 3. The lowest BCUT2D eigenvalue weighted by molar-refractivity contribution is -0.303. The Morgan fingerprint density at radius 3 is 2.54 bits per heavy atom. The highest BCUT2D eigenvalue weighted by molar-refractivity contribution is 5.92. The smallest absolute Gasteiger partial charge is 0.378 e. The zero-order valence-corrected chi connectivity index (χ0v) is 13.1. The number of nitrogens with zero attached hydrogens (tertiary/aromatic N) is 2. The molecule has 1 aromatic carbocycles. The Bertz CT molecular complexity index is 619. The van der Waals surface area contributed by atoms with Crippen molar-refractivity contribution < 1.29 is 28.2 Å². The van der Waals surface area contributed by atoms with Gasteiger partial charge < -0.3 is 10.2 Å². The van der Waals surface area contributed by atoms with Crippen LogP contribution in [0.1, 0.15) is 44.3 Å². The highest BCUT2D eigenvalue weighted by Crippen LogP contribution is 2.42. The van der Waals surface area contributed by atoms with Gasteiger partial charge in [-0.25, -0.2) is 0 Å². The number of hydrogen-bond acceptors (Lipinski definition) is 4. The molecule has 8 heteroatoms. The number of carbonyl (C=O) groups excluding carboxylic acids is 1. The molecule has 0 saturated carbocycles. The first-order chi connectivity index (χ1) is 11.2. The molecule has 132 valence electrons. The van der Waals surface area contributed by atoms with Crippen molar-refractivity contribution in [2.75, 3.05) is 0 Å². The van der Waals surface area contributed by atoms with Crippen molar-refractivity contribution in [3.05, 3.63) is 35.9 Å². The van der Waals surface area contributed by atoms with E-state index >= 15 is 0 Å². The number of rotatable bonds is 5. The normalized spacial score (nSPS) is 22.4. The number of carbonyl (C=O) groups is 1. The van der Waals surface area contributed by atoms with Crippen LogP contribution >= 0.6 is 0 Å². The number of benzene rings is 1. The molecule has 0 aliphatic carbocycles. The maximum absolute atomic E-state index is 13.3. The van der Waals surface area contributed by atoms with Gasteiger partial charge in [0.1, 0.15) is 0 Å². The molecule has 1 aliphatic heterocycles. The van der Waals surface area contributed by atoms with Crippen LogP contribution in [0.25, 0.3) is 0 Å². The fourth-order valence-electron chi connectivity index (χ4n) is 2.48. The van der Waals surface area contributed by atoms with Crippen molar-refractivity contribution in [3.8, 4) is 0 Å². The van der Waals surface area contributed by atoms with Crippen LogP contribution in [0.4, 0.5) is 13.2 Å². The third-order valence-corrected chi connectivity index (χ3v) is 3.87. The van der Waals surface area contributed by atoms with E-state index in [1.807, 2.05) is 6.92 Å². The maximum Gasteiger partial charge on any atom is 0.438 e. The summed E-state index contributed by atoms with van der Waals surface area (Å²) in [6.07, 6.45) is -6.14. The fraction of sp³-hybridized carbons (Fsp3) is 0.500. The minimum absolute atomic E-state index is 0.0182. The van der Waals surface area contributed by atoms with Crippen LogP contribution in [0.5, 0.6) is 0 Å². The quantitative estimate of drug-likeness (QED) is 0.863. The lowest BCUT2D eigenvalue weighted by Gasteiger charge is -2.33. The molecule has 0 bridgehead atoms. The highest BCUT2D eigenvalue weighted by atomic mass is 19.4. The van der Waals surface area contributed by atoms with Gasteiger partial charge in [-0.15, -0.1) is 0 Å². The minimum Gasteiger partial charge on any atom is -0.378 e. The number of hydrogen-bond donors (Lipinski definition) is 2. The van der Waals surface area contributed by atoms with Gasteiger partial charge in [0.2, 0.25) is 0 Å². The zero-order valence-electron chi connectivity index (χ0n) is 13.1. The van der Waals surface area contributed by atoms with Crippen LogP contribution < -0.4 is 0 Å². The highest BCUT2D eigenvalue weighted by Gasteiger charge is 2.63. The molecule has 0 saturated heterocycles. The summed E-state index contributed by atoms with van der Waals surface area (Å²) in [5, 5.41) is 23.8. The first-order valence-corrected chi connectivity index (χ1v) is 7.63. The van der Waals surface area contributed by atoms with Crippen LogP contribution in [0.3, 0.4) is 0 Å². The Morgan fingerprint density at radius 2 is 2.00 bits per heavy atom. The number of aliphatic hydroxyl groups excluding tert-OH is 1. The van der Waals surface area contributed by atoms with Gasteiger partial charge in [-0.2, -0.15) is 23.3 Å². The van der Waals surface area contributed by atoms with Crippen molar-refractivity contribution in [2.45, 2.75) is 50.6 Å². The molecule has 1 aliphatic rings. The Kier molecular flexibility index (Phi) is 5.29. The molecular formula is C16H19F3N2O3. The predicted octanol–water partition coefficient (Wildman–Crippen LogP) is 2.75. The van der Waals surface area contributed by atoms with E-state index in [1.165, 1.54) is 12.1 Å². The van der Waals surface area contributed by atoms with E-state index in [0.29, 0.717) is 6.42 Å². The van der Waals surface area contributed by atoms with Crippen molar-refractivity contribution >= 4 is 11.6 Å². The average molecular weight is 344 g/mol. The molecule has 0 aromatic heterocycles. The molecule has 1 amide bonds. The molecule has 0 spiro atoms. The monoisotopic (exact) mass is 344 g/mol. The topological polar surface area (TPSA) is 73.1 Å². The van der Waals surface area contributed by atoms with Crippen LogP contribution in [0, 0.1) is 0 Å². The average Bonchev–Trinajstić information content (AvgIpc) is 2.90. The predicted molar refractivity (Wildman–Crippen MR) is 80.8 cm³/mol. The number of unbranched alkanes of at least 4 members (excludes halogenated alkanes) is 1. The number of amides is 1. The van der Waals surface area contributed by atoms with E-state index in [-0.39, 0.29) is 22.7 Å². The standard InChI is InChI=1S/C16H19F3N2O3/c1-2-3-9-12-10-15(24,16(17,18)19)21(20-12)14(23)13(22)11-7-5-4-6-8-11/h4-8,13,22,24H,2-3,9-10H2,1H3. The van der Waals surface area contributed by atoms with Crippen molar-refractivity contribution in [1.29, 1.82) is 0 Å². The van der Waals surface area contributed by atoms with E-state index in [0.717, 1.165) is 6.42 Å². The second-order valence-corrected chi connectivity index (χ2v) is 5.72. The molecule has 2 rings (SSSR count). The van der Waals surface area contributed by atoms with Crippen LogP contribution in [-0.2, 0) is 4.79 Å². The summed E-state index contributed by atoms with van der Waals surface area (Å²) in [6, 6.07) is 7.55. The van der Waals surface area contributed by atoms with Gasteiger partial charge in [-0.3, -0.25) is 4.79 Å². The summed E-state index contributed by atoms with van der Waals surface area (Å²) < 4.78 is 40.0. The number of hydrazone groups is 1. The van der Waals surface area contributed by atoms with E-state index < -0.39 is 30.3 Å². The van der Waals surface area contributed by atoms with Gasteiger partial charge >= 0.3 is 6.18 Å². The van der Waals surface area contributed by atoms with Gasteiger partial charge in [0, 0.05) is 12.1 Å². The van der Waals surface area contributed by atoms with Crippen LogP contribution in [0.2, 0.25) is 0 Å². The Hall–Kier alpha value is -1.93. The summed E-state index contributed by atoms with van der Waals surface area (Å²) in [6.45, 7) is 1.87. The van der Waals surface area contributed by atoms with E-state index in [1.54, 1.807) is 18.2 Å². The first-order valence-electron chi connectivity index (χ1n) is 7.63. The SMILES string of the molecule is CCCCC1=NN(C(=O)C(O)c2ccccc2)C(O)(C(F)(F)F)C1. The lowest BCUT2D eigenvalue weighted by atomic mass is 10.0. The van der Waals surface area contributed by atoms with Crippen LogP contribution in [0.15, 0.2) is 35.4 Å². The Labute approximate surface area is 137 Å². The van der Waals surface area contributed by atoms with Crippen LogP contribution in [-0.4, -0.2) is 38.7 Å². The molecule has 24 heavy (non-hydrogen) atoms. The van der Waals surface area contributed by atoms with Crippen molar-refractivity contribution in [3.63, 3.8) is 0 Å². The number of alkyl halides is 3. The lowest BCUT2D eigenvalue weighted by Crippen LogP contribution is -2.57. The van der Waals surface area contributed by atoms with E-state index in [9.17, 15) is 28.2 Å². The Balaban J connectivity index is 2.31. The summed E-state index contributed by atoms with van der Waals surface area (Å²) >= 11 is 0. The second kappa shape index (κ2) is 6.90. The number of aliphatic hydroxyl groups is 2. The summed E-state index contributed by atoms with van der Waals surface area (Å²) in [7, 11) is 0. The molecule has 2 unspecified atom stereocenters. The largest absolute Gasteiger partial charge is 0.438 e. The summed E-state index contributed by atoms with van der Waals surface area (Å²) in [5.41, 5.74) is -3.21. The fourth-order valence-corrected chi connectivity index (χ4v) is 2.48. The van der Waals surface area contributed by atoms with Gasteiger partial charge in [0.05, 0.1) is 0 Å². The first kappa shape index (κ1) is 18.4. The molecule has 5 nitrogen and oxygen atoms in total. The minimum atomic E-state index is -5.09. The van der Waals surface area contributed by atoms with Crippen molar-refractivity contribution in [2.24, 2.45) is 5.10 Å². The summed E-state index contributed by atoms with van der Waals surface area (Å²) in [5.74, 6) is -1.31. The molecule has 1 aromatic rings. The van der Waals surface area contributed by atoms with Gasteiger partial charge in [0.25, 0.3) is 11.6 Å². The molecule has 2 atom stereocenters. The molecule has 0 radical (unpaired) electrons. The zero-order chi connectivity index (χ0) is 18.0. The molecular weight excluding hydrogens is 325 g/mol. The van der Waals surface area contributed by atoms with E-state index in [2.05, 4.69) is 5.10 Å². The van der Waals surface area contributed by atoms with E-state index in [4.69, 9.17) is 0 Å². The Morgan fingerprint density at radius 1 is 1.38 bits per heavy atom. The van der Waals surface area contributed by atoms with Gasteiger partial charge in [-0.1, -0.05) is 43.7 Å². The third kappa shape index (κ3) is 3.44. The molecule has 2 N–H and O–H groups in total. The second-order valence-electron chi connectivity index (χ2n) is 5.72. The maximum atomic E-state index is 13.3. The molecule has 1 heterocycles. The summed E-state index contributed by atoms with van der Waals surface area (Å²) in [4.78, 5) is 12.3. The molecule has 0 fully saturated rings. The van der Waals surface area contributed by atoms with Crippen molar-refractivity contribution in [1.82, 2.24) is 5.01 Å². The van der Waals surface area contributed by atoms with Gasteiger partial charge in [0.15, 0.2) is 6.10 Å².